The number of allylic oxidation sites excluding steroid dienone is 2. The first kappa shape index (κ1) is 31.2. The van der Waals surface area contributed by atoms with Gasteiger partial charge in [0.1, 0.15) is 6.10 Å². The third-order valence-corrected chi connectivity index (χ3v) is 5.27. The lowest BCUT2D eigenvalue weighted by molar-refractivity contribution is -0.134. The van der Waals surface area contributed by atoms with Crippen molar-refractivity contribution >= 4 is 16.4 Å². The Morgan fingerprint density at radius 1 is 0.900 bits per heavy atom. The lowest BCUT2D eigenvalue weighted by atomic mass is 10.1. The van der Waals surface area contributed by atoms with Gasteiger partial charge in [-0.2, -0.15) is 8.42 Å². The lowest BCUT2D eigenvalue weighted by Gasteiger charge is -2.08. The van der Waals surface area contributed by atoms with Crippen molar-refractivity contribution in [2.45, 2.75) is 103 Å². The van der Waals surface area contributed by atoms with Gasteiger partial charge in [-0.05, 0) is 32.1 Å². The lowest BCUT2D eigenvalue weighted by Crippen LogP contribution is -2.24. The van der Waals surface area contributed by atoms with Gasteiger partial charge in [0.15, 0.2) is 0 Å². The molecule has 0 aliphatic heterocycles. The number of aliphatic hydroxyl groups excluding tert-OH is 2. The maximum absolute atomic E-state index is 11.5. The van der Waals surface area contributed by atoms with Crippen molar-refractivity contribution < 1.29 is 31.8 Å². The van der Waals surface area contributed by atoms with Crippen molar-refractivity contribution in [3.05, 3.63) is 12.2 Å². The van der Waals surface area contributed by atoms with Gasteiger partial charge in [0.05, 0.1) is 13.2 Å². The van der Waals surface area contributed by atoms with Gasteiger partial charge in [0, 0.05) is 6.42 Å². The zero-order chi connectivity index (χ0) is 21.8. The van der Waals surface area contributed by atoms with Crippen LogP contribution in [0.3, 0.4) is 0 Å². The normalized spacial score (nSPS) is 12.6. The molecule has 9 heteroatoms. The minimum Gasteiger partial charge on any atom is -0.394 e. The van der Waals surface area contributed by atoms with Gasteiger partial charge in [-0.15, -0.1) is 0 Å². The summed E-state index contributed by atoms with van der Waals surface area (Å²) in [5, 5.41) is 17.6. The van der Waals surface area contributed by atoms with Gasteiger partial charge in [-0.25, -0.2) is 4.18 Å². The molecule has 1 atom stereocenters. The van der Waals surface area contributed by atoms with E-state index >= 15 is 0 Å². The van der Waals surface area contributed by atoms with E-state index in [4.69, 9.17) is 10.2 Å². The summed E-state index contributed by atoms with van der Waals surface area (Å²) in [5.41, 5.74) is 0. The monoisotopic (exact) mass is 453 g/mol. The third-order valence-electron chi connectivity index (χ3n) is 4.45. The second-order valence-corrected chi connectivity index (χ2v) is 8.54. The minimum atomic E-state index is -4.48. The summed E-state index contributed by atoms with van der Waals surface area (Å²) in [6.07, 6.45) is 18.0. The van der Waals surface area contributed by atoms with Gasteiger partial charge < -0.3 is 20.5 Å². The summed E-state index contributed by atoms with van der Waals surface area (Å²) in [6.45, 7) is 0.938. The van der Waals surface area contributed by atoms with Crippen molar-refractivity contribution in [3.63, 3.8) is 0 Å². The molecule has 0 fully saturated rings. The summed E-state index contributed by atoms with van der Waals surface area (Å²) in [6, 6.07) is 0. The van der Waals surface area contributed by atoms with Crippen LogP contribution in [0.5, 0.6) is 0 Å². The number of hydrogen-bond acceptors (Lipinski definition) is 8. The van der Waals surface area contributed by atoms with E-state index in [-0.39, 0.29) is 12.6 Å². The summed E-state index contributed by atoms with van der Waals surface area (Å²) in [5.74, 6) is -0.874. The van der Waals surface area contributed by atoms with Crippen LogP contribution in [0.4, 0.5) is 0 Å². The van der Waals surface area contributed by atoms with Crippen LogP contribution in [0.15, 0.2) is 12.2 Å². The number of rotatable bonds is 20. The fraction of sp³-hybridized carbons (Fsp3) is 0.857. The first-order valence-corrected chi connectivity index (χ1v) is 12.3. The molecule has 0 saturated carbocycles. The number of aliphatic hydroxyl groups is 2. The Morgan fingerprint density at radius 3 is 1.93 bits per heavy atom. The number of unbranched alkanes of at least 4 members (excludes halogenated alkanes) is 11. The second kappa shape index (κ2) is 21.2. The third kappa shape index (κ3) is 21.7. The highest BCUT2D eigenvalue weighted by Crippen LogP contribution is 2.11. The molecule has 0 spiro atoms. The standard InChI is InChI=1S/C21H40O7S.H3N/c1-2-3-4-5-6-7-8-9-10-11-12-13-14-15-16-17-21(24)28-29(25,26)27-19-20(23)18-22;/h9-10,20,22-23H,2-8,11-19H2,1H3;1H3. The Bertz CT molecular complexity index is 523. The quantitative estimate of drug-likeness (QED) is 0.182. The van der Waals surface area contributed by atoms with Crippen LogP contribution in [-0.2, 0) is 23.6 Å². The molecule has 0 aromatic carbocycles. The zero-order valence-electron chi connectivity index (χ0n) is 18.6. The Kier molecular flexibility index (Phi) is 22.1. The maximum atomic E-state index is 11.5. The van der Waals surface area contributed by atoms with Crippen LogP contribution >= 0.6 is 0 Å². The smallest absolute Gasteiger partial charge is 0.394 e. The molecule has 0 radical (unpaired) electrons. The predicted molar refractivity (Wildman–Crippen MR) is 119 cm³/mol. The molecule has 0 bridgehead atoms. The van der Waals surface area contributed by atoms with Gasteiger partial charge in [-0.3, -0.25) is 4.79 Å². The highest BCUT2D eigenvalue weighted by Gasteiger charge is 2.19. The first-order chi connectivity index (χ1) is 13.9. The summed E-state index contributed by atoms with van der Waals surface area (Å²) in [7, 11) is -4.48. The molecule has 0 amide bonds. The SMILES string of the molecule is CCCCCCCCC=CCCCCCCCC(=O)OS(=O)(=O)OCC(O)CO.N. The Hall–Kier alpha value is -1.00. The molecule has 0 aliphatic carbocycles. The van der Waals surface area contributed by atoms with Crippen molar-refractivity contribution in [2.24, 2.45) is 0 Å². The molecule has 8 nitrogen and oxygen atoms in total. The van der Waals surface area contributed by atoms with Crippen LogP contribution in [0, 0.1) is 0 Å². The Balaban J connectivity index is 0. The highest BCUT2D eigenvalue weighted by molar-refractivity contribution is 7.82. The fourth-order valence-corrected chi connectivity index (χ4v) is 3.42. The van der Waals surface area contributed by atoms with E-state index in [1.165, 1.54) is 44.9 Å². The molecule has 0 aromatic heterocycles. The second-order valence-electron chi connectivity index (χ2n) is 7.32. The van der Waals surface area contributed by atoms with Crippen molar-refractivity contribution in [3.8, 4) is 0 Å². The fourth-order valence-electron chi connectivity index (χ4n) is 2.73. The molecule has 180 valence electrons. The van der Waals surface area contributed by atoms with Gasteiger partial charge >= 0.3 is 16.4 Å². The largest absolute Gasteiger partial charge is 0.451 e. The minimum absolute atomic E-state index is 0. The number of carbonyl (C=O) groups excluding carboxylic acids is 1. The maximum Gasteiger partial charge on any atom is 0.451 e. The van der Waals surface area contributed by atoms with Gasteiger partial charge in [-0.1, -0.05) is 70.4 Å². The first-order valence-electron chi connectivity index (χ1n) is 11.0. The molecule has 0 heterocycles. The van der Waals surface area contributed by atoms with Crippen LogP contribution in [0.25, 0.3) is 0 Å². The van der Waals surface area contributed by atoms with Crippen LogP contribution in [0.2, 0.25) is 0 Å². The van der Waals surface area contributed by atoms with Gasteiger partial charge in [0.25, 0.3) is 0 Å². The van der Waals surface area contributed by atoms with E-state index in [9.17, 15) is 13.2 Å². The van der Waals surface area contributed by atoms with E-state index in [1.807, 2.05) is 0 Å². The zero-order valence-corrected chi connectivity index (χ0v) is 19.4. The molecule has 0 rings (SSSR count). The van der Waals surface area contributed by atoms with E-state index < -0.39 is 35.7 Å². The van der Waals surface area contributed by atoms with Crippen LogP contribution < -0.4 is 6.15 Å². The number of carbonyl (C=O) groups is 1. The number of hydrogen-bond donors (Lipinski definition) is 3. The van der Waals surface area contributed by atoms with Crippen LogP contribution in [-0.4, -0.2) is 43.9 Å². The van der Waals surface area contributed by atoms with E-state index in [0.29, 0.717) is 6.42 Å². The van der Waals surface area contributed by atoms with E-state index in [2.05, 4.69) is 27.4 Å². The van der Waals surface area contributed by atoms with Crippen molar-refractivity contribution in [2.75, 3.05) is 13.2 Å². The van der Waals surface area contributed by atoms with Crippen LogP contribution in [0.1, 0.15) is 96.8 Å². The summed E-state index contributed by atoms with van der Waals surface area (Å²) in [4.78, 5) is 11.5. The summed E-state index contributed by atoms with van der Waals surface area (Å²) < 4.78 is 31.3. The molecular formula is C21H43NO7S. The molecule has 0 saturated heterocycles. The topological polar surface area (TPSA) is 145 Å². The van der Waals surface area contributed by atoms with Crippen molar-refractivity contribution in [1.29, 1.82) is 0 Å². The average molecular weight is 454 g/mol. The molecule has 0 aromatic rings. The summed E-state index contributed by atoms with van der Waals surface area (Å²) >= 11 is 0. The average Bonchev–Trinajstić information content (AvgIpc) is 2.68. The predicted octanol–water partition coefficient (Wildman–Crippen LogP) is 4.34. The highest BCUT2D eigenvalue weighted by atomic mass is 32.3. The molecule has 0 aliphatic rings. The van der Waals surface area contributed by atoms with E-state index in [1.54, 1.807) is 0 Å². The molecule has 30 heavy (non-hydrogen) atoms. The molecule has 5 N–H and O–H groups in total. The Morgan fingerprint density at radius 2 is 1.40 bits per heavy atom. The van der Waals surface area contributed by atoms with Crippen molar-refractivity contribution in [1.82, 2.24) is 6.15 Å². The Labute approximate surface area is 183 Å². The van der Waals surface area contributed by atoms with E-state index in [0.717, 1.165) is 32.1 Å². The van der Waals surface area contributed by atoms with Gasteiger partial charge in [0.2, 0.25) is 0 Å². The molecule has 1 unspecified atom stereocenters. The molecular weight excluding hydrogens is 410 g/mol.